The van der Waals surface area contributed by atoms with E-state index >= 15 is 0 Å². The number of benzene rings is 3. The molecule has 6 nitrogen and oxygen atoms in total. The molecule has 2 heterocycles. The van der Waals surface area contributed by atoms with Gasteiger partial charge in [0.05, 0.1) is 23.2 Å². The van der Waals surface area contributed by atoms with Gasteiger partial charge in [-0.1, -0.05) is 29.8 Å². The van der Waals surface area contributed by atoms with E-state index in [4.69, 9.17) is 16.3 Å². The molecule has 0 bridgehead atoms. The van der Waals surface area contributed by atoms with Crippen LogP contribution in [-0.4, -0.2) is 46.7 Å². The van der Waals surface area contributed by atoms with Gasteiger partial charge in [-0.05, 0) is 54.6 Å². The van der Waals surface area contributed by atoms with Crippen LogP contribution in [-0.2, 0) is 9.84 Å². The SMILES string of the molecule is COc1ccc(S(=O)(=O)c2cnc3ccc(Cl)cc3c2N2CCN(c3ccccc3)CC2)cc1. The van der Waals surface area contributed by atoms with Crippen molar-refractivity contribution in [3.63, 3.8) is 0 Å². The summed E-state index contributed by atoms with van der Waals surface area (Å²) in [6.07, 6.45) is 1.47. The van der Waals surface area contributed by atoms with Crippen molar-refractivity contribution in [3.8, 4) is 5.75 Å². The molecule has 34 heavy (non-hydrogen) atoms. The molecule has 0 N–H and O–H groups in total. The van der Waals surface area contributed by atoms with E-state index < -0.39 is 9.84 Å². The zero-order valence-corrected chi connectivity index (χ0v) is 20.3. The van der Waals surface area contributed by atoms with Crippen molar-refractivity contribution in [1.82, 2.24) is 4.98 Å². The first-order chi connectivity index (χ1) is 16.5. The Balaban J connectivity index is 1.58. The van der Waals surface area contributed by atoms with Crippen molar-refractivity contribution in [2.24, 2.45) is 0 Å². The molecule has 1 aliphatic heterocycles. The number of fused-ring (bicyclic) bond motifs is 1. The van der Waals surface area contributed by atoms with Crippen molar-refractivity contribution >= 4 is 43.7 Å². The highest BCUT2D eigenvalue weighted by Crippen LogP contribution is 2.38. The number of halogens is 1. The van der Waals surface area contributed by atoms with Gasteiger partial charge in [0, 0.05) is 48.5 Å². The number of anilines is 2. The summed E-state index contributed by atoms with van der Waals surface area (Å²) < 4.78 is 32.7. The highest BCUT2D eigenvalue weighted by Gasteiger charge is 2.29. The monoisotopic (exact) mass is 493 g/mol. The molecule has 0 amide bonds. The molecule has 1 aliphatic rings. The number of piperazine rings is 1. The second-order valence-corrected chi connectivity index (χ2v) is 10.5. The highest BCUT2D eigenvalue weighted by atomic mass is 35.5. The Kier molecular flexibility index (Phi) is 6.06. The maximum Gasteiger partial charge on any atom is 0.210 e. The first-order valence-electron chi connectivity index (χ1n) is 11.0. The second kappa shape index (κ2) is 9.16. The van der Waals surface area contributed by atoms with Crippen molar-refractivity contribution < 1.29 is 13.2 Å². The number of para-hydroxylation sites is 1. The van der Waals surface area contributed by atoms with Crippen LogP contribution < -0.4 is 14.5 Å². The largest absolute Gasteiger partial charge is 0.497 e. The molecular weight excluding hydrogens is 470 g/mol. The Hall–Kier alpha value is -3.29. The fourth-order valence-electron chi connectivity index (χ4n) is 4.36. The molecule has 1 saturated heterocycles. The Morgan fingerprint density at radius 1 is 0.882 bits per heavy atom. The first kappa shape index (κ1) is 22.5. The third kappa shape index (κ3) is 4.17. The van der Waals surface area contributed by atoms with E-state index in [1.54, 1.807) is 43.5 Å². The van der Waals surface area contributed by atoms with Crippen LogP contribution in [0.2, 0.25) is 5.02 Å². The number of hydrogen-bond donors (Lipinski definition) is 0. The molecule has 0 unspecified atom stereocenters. The molecular formula is C26H24ClN3O3S. The van der Waals surface area contributed by atoms with E-state index in [1.165, 1.54) is 6.20 Å². The summed E-state index contributed by atoms with van der Waals surface area (Å²) in [6.45, 7) is 2.89. The lowest BCUT2D eigenvalue weighted by Gasteiger charge is -2.38. The van der Waals surface area contributed by atoms with E-state index in [-0.39, 0.29) is 9.79 Å². The third-order valence-electron chi connectivity index (χ3n) is 6.14. The van der Waals surface area contributed by atoms with Gasteiger partial charge in [-0.3, -0.25) is 4.98 Å². The van der Waals surface area contributed by atoms with Crippen LogP contribution in [0.5, 0.6) is 5.75 Å². The Labute approximate surface area is 204 Å². The minimum Gasteiger partial charge on any atom is -0.497 e. The zero-order chi connectivity index (χ0) is 23.7. The smallest absolute Gasteiger partial charge is 0.210 e. The lowest BCUT2D eigenvalue weighted by Crippen LogP contribution is -2.47. The average molecular weight is 494 g/mol. The van der Waals surface area contributed by atoms with E-state index in [9.17, 15) is 8.42 Å². The number of hydrogen-bond acceptors (Lipinski definition) is 6. The van der Waals surface area contributed by atoms with E-state index in [1.807, 2.05) is 24.3 Å². The minimum atomic E-state index is -3.83. The Morgan fingerprint density at radius 2 is 1.56 bits per heavy atom. The second-order valence-electron chi connectivity index (χ2n) is 8.12. The van der Waals surface area contributed by atoms with Gasteiger partial charge in [0.15, 0.2) is 0 Å². The molecule has 0 atom stereocenters. The number of methoxy groups -OCH3 is 1. The quantitative estimate of drug-likeness (QED) is 0.387. The number of nitrogens with zero attached hydrogens (tertiary/aromatic N) is 3. The number of sulfone groups is 1. The summed E-state index contributed by atoms with van der Waals surface area (Å²) in [5, 5.41) is 1.27. The molecule has 0 aliphatic carbocycles. The van der Waals surface area contributed by atoms with Gasteiger partial charge in [0.2, 0.25) is 9.84 Å². The lowest BCUT2D eigenvalue weighted by molar-refractivity contribution is 0.414. The number of pyridine rings is 1. The molecule has 0 saturated carbocycles. The van der Waals surface area contributed by atoms with Gasteiger partial charge in [0.1, 0.15) is 10.6 Å². The van der Waals surface area contributed by atoms with Crippen molar-refractivity contribution in [1.29, 1.82) is 0 Å². The average Bonchev–Trinajstić information content (AvgIpc) is 2.88. The molecule has 3 aromatic carbocycles. The van der Waals surface area contributed by atoms with Gasteiger partial charge in [0.25, 0.3) is 0 Å². The van der Waals surface area contributed by atoms with Gasteiger partial charge in [-0.2, -0.15) is 0 Å². The van der Waals surface area contributed by atoms with Crippen LogP contribution in [0.3, 0.4) is 0 Å². The van der Waals surface area contributed by atoms with Crippen LogP contribution in [0.4, 0.5) is 11.4 Å². The Morgan fingerprint density at radius 3 is 2.24 bits per heavy atom. The number of ether oxygens (including phenoxy) is 1. The molecule has 4 aromatic rings. The van der Waals surface area contributed by atoms with E-state index in [2.05, 4.69) is 26.9 Å². The summed E-state index contributed by atoms with van der Waals surface area (Å²) >= 11 is 6.33. The van der Waals surface area contributed by atoms with Crippen LogP contribution in [0.25, 0.3) is 10.9 Å². The zero-order valence-electron chi connectivity index (χ0n) is 18.7. The van der Waals surface area contributed by atoms with Gasteiger partial charge < -0.3 is 14.5 Å². The fourth-order valence-corrected chi connectivity index (χ4v) is 5.97. The lowest BCUT2D eigenvalue weighted by atomic mass is 10.1. The van der Waals surface area contributed by atoms with Crippen LogP contribution in [0, 0.1) is 0 Å². The predicted octanol–water partition coefficient (Wildman–Crippen LogP) is 5.06. The molecule has 1 aromatic heterocycles. The van der Waals surface area contributed by atoms with Crippen molar-refractivity contribution in [3.05, 3.63) is 84.0 Å². The van der Waals surface area contributed by atoms with E-state index in [0.29, 0.717) is 35.1 Å². The first-order valence-corrected chi connectivity index (χ1v) is 12.9. The maximum absolute atomic E-state index is 13.8. The van der Waals surface area contributed by atoms with Crippen molar-refractivity contribution in [2.45, 2.75) is 9.79 Å². The van der Waals surface area contributed by atoms with Gasteiger partial charge in [-0.25, -0.2) is 8.42 Å². The van der Waals surface area contributed by atoms with Gasteiger partial charge >= 0.3 is 0 Å². The molecule has 0 spiro atoms. The Bertz CT molecular complexity index is 1420. The summed E-state index contributed by atoms with van der Waals surface area (Å²) in [7, 11) is -2.28. The highest BCUT2D eigenvalue weighted by molar-refractivity contribution is 7.91. The normalized spacial score (nSPS) is 14.4. The summed E-state index contributed by atoms with van der Waals surface area (Å²) in [4.78, 5) is 9.29. The molecule has 1 fully saturated rings. The molecule has 8 heteroatoms. The molecule has 0 radical (unpaired) electrons. The predicted molar refractivity (Wildman–Crippen MR) is 136 cm³/mol. The van der Waals surface area contributed by atoms with Crippen molar-refractivity contribution in [2.75, 3.05) is 43.1 Å². The standard InChI is InChI=1S/C26H24ClN3O3S/c1-33-21-8-10-22(11-9-21)34(31,32)25-18-28-24-12-7-19(27)17-23(24)26(25)30-15-13-29(14-16-30)20-5-3-2-4-6-20/h2-12,17-18H,13-16H2,1H3. The molecule has 5 rings (SSSR count). The third-order valence-corrected chi connectivity index (χ3v) is 8.15. The topological polar surface area (TPSA) is 62.7 Å². The summed E-state index contributed by atoms with van der Waals surface area (Å²) in [5.74, 6) is 0.597. The summed E-state index contributed by atoms with van der Waals surface area (Å²) in [5.41, 5.74) is 2.52. The molecule has 174 valence electrons. The minimum absolute atomic E-state index is 0.181. The van der Waals surface area contributed by atoms with Crippen LogP contribution >= 0.6 is 11.6 Å². The van der Waals surface area contributed by atoms with Crippen LogP contribution in [0.15, 0.2) is 88.8 Å². The number of rotatable bonds is 5. The maximum atomic E-state index is 13.8. The summed E-state index contributed by atoms with van der Waals surface area (Å²) in [6, 6.07) is 22.1. The van der Waals surface area contributed by atoms with Crippen LogP contribution in [0.1, 0.15) is 0 Å². The fraction of sp³-hybridized carbons (Fsp3) is 0.192. The van der Waals surface area contributed by atoms with Gasteiger partial charge in [-0.15, -0.1) is 0 Å². The number of aromatic nitrogens is 1. The van der Waals surface area contributed by atoms with E-state index in [0.717, 1.165) is 24.2 Å².